The van der Waals surface area contributed by atoms with Gasteiger partial charge in [-0.1, -0.05) is 51.5 Å². The van der Waals surface area contributed by atoms with Crippen LogP contribution >= 0.6 is 0 Å². The Morgan fingerprint density at radius 3 is 2.03 bits per heavy atom. The van der Waals surface area contributed by atoms with Crippen molar-refractivity contribution in [3.8, 4) is 0 Å². The van der Waals surface area contributed by atoms with Gasteiger partial charge in [0.25, 0.3) is 5.91 Å². The molecule has 1 fully saturated rings. The molecule has 7 nitrogen and oxygen atoms in total. The van der Waals surface area contributed by atoms with Crippen molar-refractivity contribution in [2.75, 3.05) is 26.2 Å². The summed E-state index contributed by atoms with van der Waals surface area (Å²) in [7, 11) is -3.68. The molecule has 8 heteroatoms. The molecule has 0 saturated carbocycles. The maximum absolute atomic E-state index is 13.0. The number of nitrogens with one attached hydrogen (secondary N) is 1. The Kier molecular flexibility index (Phi) is 8.49. The molecule has 0 aliphatic carbocycles. The van der Waals surface area contributed by atoms with E-state index in [0.29, 0.717) is 18.7 Å². The zero-order chi connectivity index (χ0) is 24.9. The van der Waals surface area contributed by atoms with Gasteiger partial charge in [0.15, 0.2) is 0 Å². The molecule has 1 aliphatic rings. The van der Waals surface area contributed by atoms with Gasteiger partial charge in [0.2, 0.25) is 15.9 Å². The summed E-state index contributed by atoms with van der Waals surface area (Å²) in [6.07, 6.45) is 2.12. The molecule has 2 amide bonds. The lowest BCUT2D eigenvalue weighted by Crippen LogP contribution is -2.49. The summed E-state index contributed by atoms with van der Waals surface area (Å²) < 4.78 is 27.4. The number of hydrogen-bond acceptors (Lipinski definition) is 4. The van der Waals surface area contributed by atoms with Crippen LogP contribution in [0.25, 0.3) is 0 Å². The van der Waals surface area contributed by atoms with E-state index in [1.54, 1.807) is 17.0 Å². The summed E-state index contributed by atoms with van der Waals surface area (Å²) in [5.74, 6) is -0.103. The van der Waals surface area contributed by atoms with Crippen molar-refractivity contribution in [1.29, 1.82) is 0 Å². The van der Waals surface area contributed by atoms with Crippen molar-refractivity contribution in [2.45, 2.75) is 51.5 Å². The molecule has 3 rings (SSSR count). The Balaban J connectivity index is 1.69. The average molecular weight is 486 g/mol. The van der Waals surface area contributed by atoms with Gasteiger partial charge >= 0.3 is 0 Å². The van der Waals surface area contributed by atoms with Gasteiger partial charge in [-0.15, -0.1) is 0 Å². The van der Waals surface area contributed by atoms with E-state index in [1.807, 2.05) is 0 Å². The van der Waals surface area contributed by atoms with Crippen LogP contribution in [-0.4, -0.2) is 55.6 Å². The Morgan fingerprint density at radius 2 is 1.53 bits per heavy atom. The predicted molar refractivity (Wildman–Crippen MR) is 133 cm³/mol. The third-order valence-electron chi connectivity index (χ3n) is 6.27. The Morgan fingerprint density at radius 1 is 0.941 bits per heavy atom. The highest BCUT2D eigenvalue weighted by atomic mass is 32.2. The first kappa shape index (κ1) is 25.9. The quantitative estimate of drug-likeness (QED) is 0.619. The number of sulfonamides is 1. The minimum atomic E-state index is -3.68. The van der Waals surface area contributed by atoms with Gasteiger partial charge in [-0.05, 0) is 47.7 Å². The van der Waals surface area contributed by atoms with E-state index in [4.69, 9.17) is 0 Å². The number of piperazine rings is 1. The van der Waals surface area contributed by atoms with Gasteiger partial charge in [0, 0.05) is 38.7 Å². The molecule has 1 aliphatic heterocycles. The van der Waals surface area contributed by atoms with Gasteiger partial charge in [-0.25, -0.2) is 8.42 Å². The Bertz CT molecular complexity index is 1090. The fourth-order valence-electron chi connectivity index (χ4n) is 4.21. The highest BCUT2D eigenvalue weighted by Gasteiger charge is 2.29. The molecule has 0 spiro atoms. The number of amides is 2. The second kappa shape index (κ2) is 11.1. The number of carbonyl (C=O) groups excluding carboxylic acids is 2. The van der Waals surface area contributed by atoms with Crippen molar-refractivity contribution in [3.63, 3.8) is 0 Å². The predicted octanol–water partition coefficient (Wildman–Crippen LogP) is 3.62. The van der Waals surface area contributed by atoms with E-state index in [0.717, 1.165) is 18.4 Å². The molecule has 2 aromatic rings. The number of benzene rings is 2. The first-order chi connectivity index (χ1) is 16.1. The average Bonchev–Trinajstić information content (AvgIpc) is 2.83. The number of nitrogens with zero attached hydrogens (tertiary/aromatic N) is 2. The SMILES string of the molecule is CCCc1ccc([C@H](NC(=O)c2ccc(S(=O)(=O)N3CCN(C(C)=O)CC3)cc2)C(C)C)cc1. The normalized spacial score (nSPS) is 15.9. The fraction of sp³-hybridized carbons (Fsp3) is 0.462. The molecular formula is C26H35N3O4S. The van der Waals surface area contributed by atoms with Crippen LogP contribution in [0.3, 0.4) is 0 Å². The van der Waals surface area contributed by atoms with Crippen molar-refractivity contribution >= 4 is 21.8 Å². The first-order valence-electron chi connectivity index (χ1n) is 11.9. The zero-order valence-electron chi connectivity index (χ0n) is 20.5. The molecule has 2 aromatic carbocycles. The van der Waals surface area contributed by atoms with Gasteiger partial charge in [-0.2, -0.15) is 4.31 Å². The molecule has 0 aromatic heterocycles. The summed E-state index contributed by atoms with van der Waals surface area (Å²) in [6, 6.07) is 14.3. The molecular weight excluding hydrogens is 450 g/mol. The highest BCUT2D eigenvalue weighted by Crippen LogP contribution is 2.24. The van der Waals surface area contributed by atoms with Crippen LogP contribution in [0.2, 0.25) is 0 Å². The van der Waals surface area contributed by atoms with E-state index in [1.165, 1.54) is 28.9 Å². The monoisotopic (exact) mass is 485 g/mol. The standard InChI is InChI=1S/C26H35N3O4S/c1-5-6-21-7-9-22(10-8-21)25(19(2)3)27-26(31)23-11-13-24(14-12-23)34(32,33)29-17-15-28(16-18-29)20(4)30/h7-14,19,25H,5-6,15-18H2,1-4H3,(H,27,31)/t25-/m1/s1. The number of carbonyl (C=O) groups is 2. The van der Waals surface area contributed by atoms with Crippen LogP contribution in [0.15, 0.2) is 53.4 Å². The highest BCUT2D eigenvalue weighted by molar-refractivity contribution is 7.89. The number of aryl methyl sites for hydroxylation is 1. The van der Waals surface area contributed by atoms with Crippen molar-refractivity contribution in [1.82, 2.24) is 14.5 Å². The van der Waals surface area contributed by atoms with Gasteiger partial charge in [0.05, 0.1) is 10.9 Å². The van der Waals surface area contributed by atoms with E-state index in [-0.39, 0.29) is 41.8 Å². The topological polar surface area (TPSA) is 86.8 Å². The second-order valence-electron chi connectivity index (χ2n) is 9.12. The van der Waals surface area contributed by atoms with Gasteiger partial charge in [-0.3, -0.25) is 9.59 Å². The Labute approximate surface area is 203 Å². The van der Waals surface area contributed by atoms with Crippen LogP contribution in [0.4, 0.5) is 0 Å². The molecule has 0 radical (unpaired) electrons. The maximum Gasteiger partial charge on any atom is 0.251 e. The van der Waals surface area contributed by atoms with Crippen LogP contribution in [-0.2, 0) is 21.2 Å². The summed E-state index contributed by atoms with van der Waals surface area (Å²) in [5, 5.41) is 3.10. The largest absolute Gasteiger partial charge is 0.345 e. The van der Waals surface area contributed by atoms with Crippen molar-refractivity contribution in [2.24, 2.45) is 5.92 Å². The number of hydrogen-bond donors (Lipinski definition) is 1. The molecule has 184 valence electrons. The van der Waals surface area contributed by atoms with E-state index >= 15 is 0 Å². The van der Waals surface area contributed by atoms with Gasteiger partial charge in [0.1, 0.15) is 0 Å². The van der Waals surface area contributed by atoms with Crippen LogP contribution in [0.5, 0.6) is 0 Å². The van der Waals surface area contributed by atoms with E-state index < -0.39 is 10.0 Å². The third kappa shape index (κ3) is 6.04. The third-order valence-corrected chi connectivity index (χ3v) is 8.18. The lowest BCUT2D eigenvalue weighted by atomic mass is 9.94. The molecule has 1 N–H and O–H groups in total. The lowest BCUT2D eigenvalue weighted by molar-refractivity contribution is -0.129. The first-order valence-corrected chi connectivity index (χ1v) is 13.3. The van der Waals surface area contributed by atoms with Gasteiger partial charge < -0.3 is 10.2 Å². The maximum atomic E-state index is 13.0. The van der Waals surface area contributed by atoms with Crippen LogP contribution < -0.4 is 5.32 Å². The number of rotatable bonds is 8. The summed E-state index contributed by atoms with van der Waals surface area (Å²) >= 11 is 0. The molecule has 0 bridgehead atoms. The van der Waals surface area contributed by atoms with Crippen LogP contribution in [0.1, 0.15) is 61.6 Å². The summed E-state index contributed by atoms with van der Waals surface area (Å²) in [4.78, 5) is 26.2. The van der Waals surface area contributed by atoms with Crippen molar-refractivity contribution < 1.29 is 18.0 Å². The van der Waals surface area contributed by atoms with E-state index in [9.17, 15) is 18.0 Å². The molecule has 1 saturated heterocycles. The summed E-state index contributed by atoms with van der Waals surface area (Å²) in [6.45, 7) is 9.04. The van der Waals surface area contributed by atoms with E-state index in [2.05, 4.69) is 50.4 Å². The molecule has 1 heterocycles. The van der Waals surface area contributed by atoms with Crippen LogP contribution in [0, 0.1) is 5.92 Å². The molecule has 1 atom stereocenters. The minimum Gasteiger partial charge on any atom is -0.345 e. The Hall–Kier alpha value is -2.71. The second-order valence-corrected chi connectivity index (χ2v) is 11.1. The van der Waals surface area contributed by atoms with Crippen molar-refractivity contribution in [3.05, 3.63) is 65.2 Å². The lowest BCUT2D eigenvalue weighted by Gasteiger charge is -2.33. The summed E-state index contributed by atoms with van der Waals surface area (Å²) in [5.41, 5.74) is 2.74. The smallest absolute Gasteiger partial charge is 0.251 e. The zero-order valence-corrected chi connectivity index (χ0v) is 21.3. The molecule has 34 heavy (non-hydrogen) atoms. The fourth-order valence-corrected chi connectivity index (χ4v) is 5.63. The minimum absolute atomic E-state index is 0.0518. The molecule has 0 unspecified atom stereocenters.